The number of unbranched alkanes of at least 4 members (excludes halogenated alkanes) is 2. The number of aryl methyl sites for hydroxylation is 1. The topological polar surface area (TPSA) is 18.5 Å². The highest BCUT2D eigenvalue weighted by Gasteiger charge is 2.35. The fourth-order valence-electron chi connectivity index (χ4n) is 6.73. The van der Waals surface area contributed by atoms with Gasteiger partial charge in [-0.2, -0.15) is 13.2 Å². The number of halogens is 4. The molecule has 1 aromatic rings. The van der Waals surface area contributed by atoms with E-state index in [-0.39, 0.29) is 18.3 Å². The summed E-state index contributed by atoms with van der Waals surface area (Å²) in [5.74, 6) is 0.453. The van der Waals surface area contributed by atoms with Gasteiger partial charge in [0.05, 0.1) is 19.3 Å². The molecule has 4 rings (SSSR count). The molecule has 3 aliphatic rings. The van der Waals surface area contributed by atoms with Gasteiger partial charge in [0.15, 0.2) is 6.29 Å². The van der Waals surface area contributed by atoms with Crippen molar-refractivity contribution >= 4 is 0 Å². The van der Waals surface area contributed by atoms with Crippen molar-refractivity contribution in [2.45, 2.75) is 115 Å². The van der Waals surface area contributed by atoms with Gasteiger partial charge in [-0.05, 0) is 87.2 Å². The molecule has 1 aliphatic heterocycles. The predicted molar refractivity (Wildman–Crippen MR) is 143 cm³/mol. The normalized spacial score (nSPS) is 31.3. The first-order chi connectivity index (χ1) is 18.3. The third-order valence-electron chi connectivity index (χ3n) is 9.20. The van der Waals surface area contributed by atoms with E-state index in [9.17, 15) is 17.6 Å². The maximum Gasteiger partial charge on any atom is 0.412 e. The SMILES string of the molecule is CCCCCC1CCC(c2ccc(CCC3COC(C4CCC(/C(F)=C/C(F)(F)F)CC4)OC3)cc2)CC1. The van der Waals surface area contributed by atoms with Crippen LogP contribution in [0.5, 0.6) is 0 Å². The second-order valence-electron chi connectivity index (χ2n) is 12.1. The molecule has 3 fully saturated rings. The summed E-state index contributed by atoms with van der Waals surface area (Å²) < 4.78 is 63.2. The van der Waals surface area contributed by atoms with Gasteiger partial charge in [-0.25, -0.2) is 4.39 Å². The van der Waals surface area contributed by atoms with Crippen molar-refractivity contribution in [1.82, 2.24) is 0 Å². The molecule has 0 aromatic heterocycles. The van der Waals surface area contributed by atoms with Crippen molar-refractivity contribution in [3.8, 4) is 0 Å². The summed E-state index contributed by atoms with van der Waals surface area (Å²) in [7, 11) is 0. The maximum absolute atomic E-state index is 13.9. The molecule has 0 atom stereocenters. The lowest BCUT2D eigenvalue weighted by atomic mass is 9.77. The van der Waals surface area contributed by atoms with E-state index in [0.29, 0.717) is 44.8 Å². The number of benzene rings is 1. The van der Waals surface area contributed by atoms with Crippen LogP contribution in [0.4, 0.5) is 17.6 Å². The summed E-state index contributed by atoms with van der Waals surface area (Å²) in [5.41, 5.74) is 2.85. The zero-order chi connectivity index (χ0) is 27.0. The molecule has 0 amide bonds. The second-order valence-corrected chi connectivity index (χ2v) is 12.1. The smallest absolute Gasteiger partial charge is 0.352 e. The third kappa shape index (κ3) is 9.08. The Morgan fingerprint density at radius 1 is 0.842 bits per heavy atom. The zero-order valence-corrected chi connectivity index (χ0v) is 23.0. The number of allylic oxidation sites excluding steroid dienone is 2. The van der Waals surface area contributed by atoms with E-state index in [0.717, 1.165) is 24.7 Å². The molecular formula is C32H46F4O2. The largest absolute Gasteiger partial charge is 0.412 e. The fourth-order valence-corrected chi connectivity index (χ4v) is 6.73. The van der Waals surface area contributed by atoms with Crippen LogP contribution in [-0.4, -0.2) is 25.7 Å². The Labute approximate surface area is 226 Å². The highest BCUT2D eigenvalue weighted by Crippen LogP contribution is 2.40. The molecule has 38 heavy (non-hydrogen) atoms. The Morgan fingerprint density at radius 3 is 2.11 bits per heavy atom. The van der Waals surface area contributed by atoms with Crippen molar-refractivity contribution < 1.29 is 27.0 Å². The van der Waals surface area contributed by atoms with Crippen molar-refractivity contribution in [2.75, 3.05) is 13.2 Å². The van der Waals surface area contributed by atoms with E-state index in [1.807, 2.05) is 0 Å². The molecule has 2 saturated carbocycles. The first-order valence-electron chi connectivity index (χ1n) is 15.1. The lowest BCUT2D eigenvalue weighted by Gasteiger charge is -2.37. The average Bonchev–Trinajstić information content (AvgIpc) is 2.92. The molecule has 1 saturated heterocycles. The van der Waals surface area contributed by atoms with Crippen molar-refractivity contribution in [1.29, 1.82) is 0 Å². The average molecular weight is 539 g/mol. The van der Waals surface area contributed by atoms with Gasteiger partial charge in [0.2, 0.25) is 0 Å². The number of hydrogen-bond acceptors (Lipinski definition) is 2. The van der Waals surface area contributed by atoms with Gasteiger partial charge in [-0.15, -0.1) is 0 Å². The Balaban J connectivity index is 1.12. The highest BCUT2D eigenvalue weighted by molar-refractivity contribution is 5.26. The Bertz CT molecular complexity index is 841. The van der Waals surface area contributed by atoms with Crippen LogP contribution >= 0.6 is 0 Å². The number of hydrogen-bond donors (Lipinski definition) is 0. The van der Waals surface area contributed by atoms with E-state index in [2.05, 4.69) is 31.2 Å². The van der Waals surface area contributed by atoms with Crippen LogP contribution in [0.1, 0.15) is 107 Å². The Hall–Kier alpha value is -1.40. The predicted octanol–water partition coefficient (Wildman–Crippen LogP) is 9.68. The van der Waals surface area contributed by atoms with Gasteiger partial charge in [0, 0.05) is 17.8 Å². The van der Waals surface area contributed by atoms with Crippen LogP contribution in [0.25, 0.3) is 0 Å². The van der Waals surface area contributed by atoms with Gasteiger partial charge in [-0.1, -0.05) is 56.9 Å². The Morgan fingerprint density at radius 2 is 1.50 bits per heavy atom. The third-order valence-corrected chi connectivity index (χ3v) is 9.20. The van der Waals surface area contributed by atoms with Crippen LogP contribution in [0.3, 0.4) is 0 Å². The molecule has 2 nitrogen and oxygen atoms in total. The second kappa shape index (κ2) is 14.3. The molecule has 0 spiro atoms. The fraction of sp³-hybridized carbons (Fsp3) is 0.750. The molecule has 214 valence electrons. The minimum atomic E-state index is -4.60. The summed E-state index contributed by atoms with van der Waals surface area (Å²) in [6.07, 6.45) is 9.90. The first-order valence-corrected chi connectivity index (χ1v) is 15.1. The van der Waals surface area contributed by atoms with Gasteiger partial charge < -0.3 is 9.47 Å². The van der Waals surface area contributed by atoms with Gasteiger partial charge in [0.1, 0.15) is 5.83 Å². The van der Waals surface area contributed by atoms with E-state index < -0.39 is 17.9 Å². The van der Waals surface area contributed by atoms with E-state index >= 15 is 0 Å². The van der Waals surface area contributed by atoms with Crippen LogP contribution in [0, 0.1) is 23.7 Å². The molecule has 0 N–H and O–H groups in total. The van der Waals surface area contributed by atoms with Crippen LogP contribution in [-0.2, 0) is 15.9 Å². The zero-order valence-electron chi connectivity index (χ0n) is 23.0. The molecule has 0 unspecified atom stereocenters. The van der Waals surface area contributed by atoms with Crippen LogP contribution < -0.4 is 0 Å². The lowest BCUT2D eigenvalue weighted by molar-refractivity contribution is -0.229. The first kappa shape index (κ1) is 29.6. The van der Waals surface area contributed by atoms with Crippen molar-refractivity contribution in [2.24, 2.45) is 23.7 Å². The lowest BCUT2D eigenvalue weighted by Crippen LogP contribution is -2.38. The van der Waals surface area contributed by atoms with Crippen molar-refractivity contribution in [3.63, 3.8) is 0 Å². The molecule has 6 heteroatoms. The maximum atomic E-state index is 13.9. The van der Waals surface area contributed by atoms with Crippen molar-refractivity contribution in [3.05, 3.63) is 47.3 Å². The molecule has 0 bridgehead atoms. The molecule has 0 radical (unpaired) electrons. The molecular weight excluding hydrogens is 492 g/mol. The van der Waals surface area contributed by atoms with E-state index in [1.54, 1.807) is 0 Å². The summed E-state index contributed by atoms with van der Waals surface area (Å²) in [6.45, 7) is 3.57. The highest BCUT2D eigenvalue weighted by atomic mass is 19.4. The van der Waals surface area contributed by atoms with Gasteiger partial charge in [0.25, 0.3) is 0 Å². The van der Waals surface area contributed by atoms with E-state index in [4.69, 9.17) is 9.47 Å². The summed E-state index contributed by atoms with van der Waals surface area (Å²) >= 11 is 0. The monoisotopic (exact) mass is 538 g/mol. The van der Waals surface area contributed by atoms with Gasteiger partial charge >= 0.3 is 6.18 Å². The minimum absolute atomic E-state index is 0.129. The van der Waals surface area contributed by atoms with Crippen LogP contribution in [0.2, 0.25) is 0 Å². The van der Waals surface area contributed by atoms with Gasteiger partial charge in [-0.3, -0.25) is 0 Å². The molecule has 1 aromatic carbocycles. The van der Waals surface area contributed by atoms with E-state index in [1.165, 1.54) is 62.5 Å². The number of rotatable bonds is 10. The summed E-state index contributed by atoms with van der Waals surface area (Å²) in [4.78, 5) is 0. The van der Waals surface area contributed by atoms with Crippen LogP contribution in [0.15, 0.2) is 36.2 Å². The quantitative estimate of drug-likeness (QED) is 0.218. The number of alkyl halides is 3. The Kier molecular flexibility index (Phi) is 11.1. The summed E-state index contributed by atoms with van der Waals surface area (Å²) in [5, 5.41) is 0. The molecule has 1 heterocycles. The standard InChI is InChI=1S/C32H46F4O2/c1-2-3-4-5-23-8-12-26(13-9-23)27-14-10-24(11-15-27)6-7-25-21-37-31(38-22-25)29-18-16-28(17-19-29)30(33)20-32(34,35)36/h10-11,14-15,20,23,25-26,28-29,31H,2-9,12-13,16-19,21-22H2,1H3/b30-20-. The minimum Gasteiger partial charge on any atom is -0.352 e. The number of ether oxygens (including phenoxy) is 2. The molecule has 2 aliphatic carbocycles. The summed E-state index contributed by atoms with van der Waals surface area (Å²) in [6, 6.07) is 9.26.